The highest BCUT2D eigenvalue weighted by molar-refractivity contribution is 5.09. The van der Waals surface area contributed by atoms with Crippen LogP contribution in [0.3, 0.4) is 0 Å². The molecule has 0 radical (unpaired) electrons. The van der Waals surface area contributed by atoms with E-state index in [1.807, 2.05) is 0 Å². The van der Waals surface area contributed by atoms with Crippen LogP contribution < -0.4 is 0 Å². The van der Waals surface area contributed by atoms with Gasteiger partial charge < -0.3 is 5.11 Å². The third-order valence-corrected chi connectivity index (χ3v) is 0.864. The summed E-state index contributed by atoms with van der Waals surface area (Å²) in [7, 11) is 0. The summed E-state index contributed by atoms with van der Waals surface area (Å²) in [5.41, 5.74) is 0. The third-order valence-electron chi connectivity index (χ3n) is 0.864. The maximum Gasteiger partial charge on any atom is 0.0753 e. The highest BCUT2D eigenvalue weighted by Gasteiger charge is 1.89. The molecule has 0 saturated carbocycles. The highest BCUT2D eigenvalue weighted by Crippen LogP contribution is 1.92. The van der Waals surface area contributed by atoms with Crippen molar-refractivity contribution in [3.8, 4) is 12.3 Å². The van der Waals surface area contributed by atoms with Gasteiger partial charge >= 0.3 is 0 Å². The molecule has 0 aromatic heterocycles. The molecule has 0 aliphatic heterocycles. The lowest BCUT2D eigenvalue weighted by Crippen LogP contribution is -1.97. The molecule has 0 heterocycles. The van der Waals surface area contributed by atoms with E-state index in [2.05, 4.69) is 12.5 Å². The van der Waals surface area contributed by atoms with Crippen LogP contribution in [-0.2, 0) is 0 Å². The molecular weight excluding hydrogens is 112 g/mol. The topological polar surface area (TPSA) is 20.2 Å². The first-order valence-electron chi connectivity index (χ1n) is 2.73. The van der Waals surface area contributed by atoms with Crippen molar-refractivity contribution in [1.82, 2.24) is 0 Å². The van der Waals surface area contributed by atoms with Crippen LogP contribution in [0.15, 0.2) is 24.8 Å². The Balaban J connectivity index is 3.40. The average Bonchev–Trinajstić information content (AvgIpc) is 1.89. The number of aliphatic hydroxyl groups is 1. The third kappa shape index (κ3) is 4.86. The van der Waals surface area contributed by atoms with Gasteiger partial charge in [0.2, 0.25) is 0 Å². The molecular formula is C8H10O. The first kappa shape index (κ1) is 8.00. The fraction of sp³-hybridized carbons (Fsp3) is 0.250. The van der Waals surface area contributed by atoms with Crippen LogP contribution in [-0.4, -0.2) is 11.2 Å². The summed E-state index contributed by atoms with van der Waals surface area (Å²) in [4.78, 5) is 0. The zero-order valence-corrected chi connectivity index (χ0v) is 5.25. The monoisotopic (exact) mass is 122 g/mol. The molecule has 1 nitrogen and oxygen atoms in total. The Kier molecular flexibility index (Phi) is 4.57. The van der Waals surface area contributed by atoms with Crippen LogP contribution in [0.2, 0.25) is 0 Å². The van der Waals surface area contributed by atoms with Gasteiger partial charge in [0.25, 0.3) is 0 Å². The molecule has 1 unspecified atom stereocenters. The molecule has 0 bridgehead atoms. The van der Waals surface area contributed by atoms with E-state index >= 15 is 0 Å². The molecule has 0 fully saturated rings. The number of allylic oxidation sites excluding steroid dienone is 1. The summed E-state index contributed by atoms with van der Waals surface area (Å²) in [6.45, 7) is 3.40. The molecule has 0 amide bonds. The minimum absolute atomic E-state index is 0.463. The van der Waals surface area contributed by atoms with Crippen molar-refractivity contribution in [2.24, 2.45) is 0 Å². The standard InChI is InChI=1S/C8H10O/c1-3-5-6-7-8(9)4-2/h1,4-6,8-9H,2,7H2/b6-5-. The predicted molar refractivity (Wildman–Crippen MR) is 38.8 cm³/mol. The molecule has 48 valence electrons. The number of rotatable bonds is 3. The number of aliphatic hydroxyl groups excluding tert-OH is 1. The van der Waals surface area contributed by atoms with Crippen LogP contribution in [0.5, 0.6) is 0 Å². The number of hydrogen-bond acceptors (Lipinski definition) is 1. The molecule has 1 atom stereocenters. The van der Waals surface area contributed by atoms with Gasteiger partial charge in [-0.3, -0.25) is 0 Å². The van der Waals surface area contributed by atoms with Crippen molar-refractivity contribution in [2.75, 3.05) is 0 Å². The molecule has 1 heteroatoms. The van der Waals surface area contributed by atoms with Crippen molar-refractivity contribution < 1.29 is 5.11 Å². The van der Waals surface area contributed by atoms with Gasteiger partial charge in [-0.25, -0.2) is 0 Å². The van der Waals surface area contributed by atoms with Gasteiger partial charge in [0, 0.05) is 0 Å². The van der Waals surface area contributed by atoms with E-state index in [1.54, 1.807) is 12.2 Å². The fourth-order valence-electron chi connectivity index (χ4n) is 0.372. The van der Waals surface area contributed by atoms with Crippen LogP contribution in [0, 0.1) is 12.3 Å². The van der Waals surface area contributed by atoms with Gasteiger partial charge in [0.05, 0.1) is 6.10 Å². The summed E-state index contributed by atoms with van der Waals surface area (Å²) < 4.78 is 0. The Morgan fingerprint density at radius 1 is 1.78 bits per heavy atom. The Morgan fingerprint density at radius 2 is 2.44 bits per heavy atom. The second-order valence-electron chi connectivity index (χ2n) is 1.61. The van der Waals surface area contributed by atoms with Crippen molar-refractivity contribution >= 4 is 0 Å². The normalized spacial score (nSPS) is 12.9. The van der Waals surface area contributed by atoms with E-state index in [9.17, 15) is 0 Å². The van der Waals surface area contributed by atoms with E-state index < -0.39 is 6.10 Å². The van der Waals surface area contributed by atoms with E-state index in [0.717, 1.165) is 0 Å². The van der Waals surface area contributed by atoms with Crippen LogP contribution >= 0.6 is 0 Å². The molecule has 0 saturated heterocycles. The Hall–Kier alpha value is -1.00. The van der Waals surface area contributed by atoms with Crippen LogP contribution in [0.4, 0.5) is 0 Å². The highest BCUT2D eigenvalue weighted by atomic mass is 16.3. The molecule has 0 rings (SSSR count). The molecule has 0 spiro atoms. The lowest BCUT2D eigenvalue weighted by Gasteiger charge is -1.95. The van der Waals surface area contributed by atoms with Crippen molar-refractivity contribution in [2.45, 2.75) is 12.5 Å². The van der Waals surface area contributed by atoms with Crippen LogP contribution in [0.25, 0.3) is 0 Å². The van der Waals surface area contributed by atoms with E-state index in [-0.39, 0.29) is 0 Å². The van der Waals surface area contributed by atoms with E-state index in [1.165, 1.54) is 6.08 Å². The maximum atomic E-state index is 8.85. The fourth-order valence-corrected chi connectivity index (χ4v) is 0.372. The van der Waals surface area contributed by atoms with E-state index in [4.69, 9.17) is 11.5 Å². The van der Waals surface area contributed by atoms with Gasteiger partial charge in [-0.1, -0.05) is 18.1 Å². The van der Waals surface area contributed by atoms with Gasteiger partial charge in [-0.15, -0.1) is 13.0 Å². The van der Waals surface area contributed by atoms with Crippen molar-refractivity contribution in [1.29, 1.82) is 0 Å². The number of hydrogen-bond donors (Lipinski definition) is 1. The summed E-state index contributed by atoms with van der Waals surface area (Å²) in [6, 6.07) is 0. The summed E-state index contributed by atoms with van der Waals surface area (Å²) in [6.07, 6.45) is 9.76. The smallest absolute Gasteiger partial charge is 0.0753 e. The van der Waals surface area contributed by atoms with Crippen molar-refractivity contribution in [3.63, 3.8) is 0 Å². The van der Waals surface area contributed by atoms with Gasteiger partial charge in [-0.05, 0) is 12.5 Å². The van der Waals surface area contributed by atoms with Crippen LogP contribution in [0.1, 0.15) is 6.42 Å². The van der Waals surface area contributed by atoms with E-state index in [0.29, 0.717) is 6.42 Å². The Labute approximate surface area is 55.7 Å². The summed E-state index contributed by atoms with van der Waals surface area (Å²) in [5.74, 6) is 2.32. The van der Waals surface area contributed by atoms with Crippen molar-refractivity contribution in [3.05, 3.63) is 24.8 Å². The zero-order valence-electron chi connectivity index (χ0n) is 5.25. The summed E-state index contributed by atoms with van der Waals surface area (Å²) in [5, 5.41) is 8.85. The second kappa shape index (κ2) is 5.14. The predicted octanol–water partition coefficient (Wildman–Crippen LogP) is 1.11. The minimum atomic E-state index is -0.463. The Morgan fingerprint density at radius 3 is 2.89 bits per heavy atom. The Bertz CT molecular complexity index is 139. The molecule has 0 aromatic carbocycles. The first-order chi connectivity index (χ1) is 4.31. The quantitative estimate of drug-likeness (QED) is 0.439. The average molecular weight is 122 g/mol. The zero-order chi connectivity index (χ0) is 7.11. The minimum Gasteiger partial charge on any atom is -0.389 e. The maximum absolute atomic E-state index is 8.85. The SMILES string of the molecule is C#C/C=C\CC(O)C=C. The largest absolute Gasteiger partial charge is 0.389 e. The number of terminal acetylenes is 1. The molecule has 0 aliphatic rings. The second-order valence-corrected chi connectivity index (χ2v) is 1.61. The van der Waals surface area contributed by atoms with Gasteiger partial charge in [0.1, 0.15) is 0 Å². The summed E-state index contributed by atoms with van der Waals surface area (Å²) >= 11 is 0. The molecule has 0 aliphatic carbocycles. The first-order valence-corrected chi connectivity index (χ1v) is 2.73. The molecule has 0 aromatic rings. The molecule has 1 N–H and O–H groups in total. The van der Waals surface area contributed by atoms with Gasteiger partial charge in [0.15, 0.2) is 0 Å². The lowest BCUT2D eigenvalue weighted by atomic mass is 10.2. The molecule has 9 heavy (non-hydrogen) atoms. The lowest BCUT2D eigenvalue weighted by molar-refractivity contribution is 0.227. The van der Waals surface area contributed by atoms with Gasteiger partial charge in [-0.2, -0.15) is 0 Å².